The van der Waals surface area contributed by atoms with Gasteiger partial charge in [-0.15, -0.1) is 0 Å². The minimum Gasteiger partial charge on any atom is -0.394 e. The van der Waals surface area contributed by atoms with Gasteiger partial charge in [0, 0.05) is 38.3 Å². The summed E-state index contributed by atoms with van der Waals surface area (Å²) in [5, 5.41) is 98.7. The molecular weight excluding hydrogens is 520 g/mol. The van der Waals surface area contributed by atoms with Crippen molar-refractivity contribution in [3.8, 4) is 0 Å². The Kier molecular flexibility index (Phi) is 16.4. The molecule has 0 radical (unpaired) electrons. The van der Waals surface area contributed by atoms with Crippen LogP contribution in [0, 0.1) is 0 Å². The van der Waals surface area contributed by atoms with Crippen LogP contribution < -0.4 is 16.4 Å². The summed E-state index contributed by atoms with van der Waals surface area (Å²) in [5.74, 6) is -4.20. The van der Waals surface area contributed by atoms with Crippen molar-refractivity contribution in [1.29, 1.82) is 0 Å². The van der Waals surface area contributed by atoms with E-state index >= 15 is 0 Å². The second-order valence-electron chi connectivity index (χ2n) is 7.99. The number of hydrogen-bond donors (Lipinski definition) is 13. The maximum Gasteiger partial charge on any atom is 0.251 e. The topological polar surface area (TPSA) is 324 Å². The van der Waals surface area contributed by atoms with Crippen molar-refractivity contribution in [2.75, 3.05) is 39.4 Å². The van der Waals surface area contributed by atoms with Crippen LogP contribution in [0.25, 0.3) is 0 Å². The minimum atomic E-state index is -2.22. The molecular formula is C20H36N4O14. The van der Waals surface area contributed by atoms with Gasteiger partial charge in [0.15, 0.2) is 12.2 Å². The van der Waals surface area contributed by atoms with Gasteiger partial charge in [0.2, 0.25) is 11.8 Å². The molecule has 0 rings (SSSR count). The summed E-state index contributed by atoms with van der Waals surface area (Å²) < 4.78 is 0. The molecule has 8 atom stereocenters. The number of nitrogens with zero attached hydrogens (tertiary/aromatic N) is 1. The van der Waals surface area contributed by atoms with Gasteiger partial charge in [-0.05, 0) is 0 Å². The van der Waals surface area contributed by atoms with Gasteiger partial charge in [-0.1, -0.05) is 0 Å². The minimum absolute atomic E-state index is 0.305. The lowest BCUT2D eigenvalue weighted by Crippen LogP contribution is -2.53. The van der Waals surface area contributed by atoms with Crippen LogP contribution in [0.2, 0.25) is 0 Å². The average Bonchev–Trinajstić information content (AvgIpc) is 2.90. The number of carbonyl (C=O) groups is 4. The highest BCUT2D eigenvalue weighted by Gasteiger charge is 2.35. The van der Waals surface area contributed by atoms with E-state index in [1.54, 1.807) is 0 Å². The second kappa shape index (κ2) is 17.7. The van der Waals surface area contributed by atoms with Gasteiger partial charge in [-0.3, -0.25) is 19.2 Å². The molecule has 220 valence electrons. The first kappa shape index (κ1) is 35.2. The molecule has 0 saturated carbocycles. The molecule has 0 aromatic heterocycles. The van der Waals surface area contributed by atoms with Gasteiger partial charge in [-0.25, -0.2) is 0 Å². The van der Waals surface area contributed by atoms with E-state index in [1.165, 1.54) is 0 Å². The SMILES string of the molecule is NC(=O)/C=C\C(=O)N(CCNC(=O)C(O)C(O)C(O)C(O)CO)CCNC(=O)C(O)C(O)C(O)C(O)CO. The van der Waals surface area contributed by atoms with Crippen LogP contribution in [0.4, 0.5) is 0 Å². The van der Waals surface area contributed by atoms with Crippen molar-refractivity contribution in [1.82, 2.24) is 15.5 Å². The predicted octanol–water partition coefficient (Wildman–Crippen LogP) is -9.04. The molecule has 8 unspecified atom stereocenters. The zero-order valence-electron chi connectivity index (χ0n) is 20.1. The first-order chi connectivity index (χ1) is 17.7. The number of nitrogens with two attached hydrogens (primary N) is 1. The summed E-state index contributed by atoms with van der Waals surface area (Å²) in [6, 6.07) is 0. The van der Waals surface area contributed by atoms with Gasteiger partial charge in [0.05, 0.1) is 13.2 Å². The first-order valence-corrected chi connectivity index (χ1v) is 11.2. The quantitative estimate of drug-likeness (QED) is 0.0697. The van der Waals surface area contributed by atoms with Crippen molar-refractivity contribution in [2.24, 2.45) is 5.73 Å². The fraction of sp³-hybridized carbons (Fsp3) is 0.700. The van der Waals surface area contributed by atoms with Gasteiger partial charge in [0.1, 0.15) is 36.6 Å². The van der Waals surface area contributed by atoms with Crippen LogP contribution in [-0.2, 0) is 19.2 Å². The lowest BCUT2D eigenvalue weighted by molar-refractivity contribution is -0.149. The summed E-state index contributed by atoms with van der Waals surface area (Å²) in [6.45, 7) is -3.25. The average molecular weight is 557 g/mol. The van der Waals surface area contributed by atoms with Crippen LogP contribution >= 0.6 is 0 Å². The Bertz CT molecular complexity index is 754. The number of aliphatic hydroxyl groups is 10. The predicted molar refractivity (Wildman–Crippen MR) is 123 cm³/mol. The van der Waals surface area contributed by atoms with Crippen molar-refractivity contribution in [2.45, 2.75) is 48.8 Å². The van der Waals surface area contributed by atoms with E-state index in [0.29, 0.717) is 0 Å². The van der Waals surface area contributed by atoms with E-state index in [0.717, 1.165) is 17.1 Å². The molecule has 0 aliphatic carbocycles. The Morgan fingerprint density at radius 1 is 0.658 bits per heavy atom. The van der Waals surface area contributed by atoms with Crippen molar-refractivity contribution in [3.63, 3.8) is 0 Å². The van der Waals surface area contributed by atoms with E-state index < -0.39 is 85.7 Å². The van der Waals surface area contributed by atoms with Crippen molar-refractivity contribution < 1.29 is 70.2 Å². The molecule has 0 saturated heterocycles. The molecule has 18 heteroatoms. The summed E-state index contributed by atoms with van der Waals surface area (Å²) in [6.07, 6.45) is -15.0. The lowest BCUT2D eigenvalue weighted by atomic mass is 10.0. The van der Waals surface area contributed by atoms with Crippen LogP contribution in [0.3, 0.4) is 0 Å². The number of rotatable bonds is 18. The second-order valence-corrected chi connectivity index (χ2v) is 7.99. The van der Waals surface area contributed by atoms with Gasteiger partial charge in [0.25, 0.3) is 11.8 Å². The molecule has 0 bridgehead atoms. The fourth-order valence-electron chi connectivity index (χ4n) is 2.78. The third kappa shape index (κ3) is 11.7. The fourth-order valence-corrected chi connectivity index (χ4v) is 2.78. The Morgan fingerprint density at radius 3 is 1.34 bits per heavy atom. The zero-order valence-corrected chi connectivity index (χ0v) is 20.1. The maximum atomic E-state index is 12.3. The van der Waals surface area contributed by atoms with E-state index in [9.17, 15) is 60.0 Å². The van der Waals surface area contributed by atoms with E-state index in [1.807, 2.05) is 0 Å². The van der Waals surface area contributed by atoms with Crippen LogP contribution in [0.1, 0.15) is 0 Å². The lowest BCUT2D eigenvalue weighted by Gasteiger charge is -2.26. The maximum absolute atomic E-state index is 12.3. The molecule has 18 nitrogen and oxygen atoms in total. The molecule has 38 heavy (non-hydrogen) atoms. The highest BCUT2D eigenvalue weighted by atomic mass is 16.4. The van der Waals surface area contributed by atoms with Crippen LogP contribution in [0.5, 0.6) is 0 Å². The zero-order chi connectivity index (χ0) is 29.6. The number of amides is 4. The molecule has 0 aliphatic heterocycles. The largest absolute Gasteiger partial charge is 0.394 e. The van der Waals surface area contributed by atoms with E-state index in [-0.39, 0.29) is 26.2 Å². The van der Waals surface area contributed by atoms with Crippen LogP contribution in [0.15, 0.2) is 12.2 Å². The summed E-state index contributed by atoms with van der Waals surface area (Å²) in [5.41, 5.74) is 4.93. The Hall–Kier alpha value is -2.78. The molecule has 4 amide bonds. The monoisotopic (exact) mass is 556 g/mol. The molecule has 0 aromatic carbocycles. The Balaban J connectivity index is 5.07. The molecule has 14 N–H and O–H groups in total. The van der Waals surface area contributed by atoms with Crippen LogP contribution in [-0.4, -0.2) is 168 Å². The summed E-state index contributed by atoms with van der Waals surface area (Å²) in [7, 11) is 0. The Morgan fingerprint density at radius 2 is 1.03 bits per heavy atom. The van der Waals surface area contributed by atoms with E-state index in [4.69, 9.17) is 15.9 Å². The van der Waals surface area contributed by atoms with Crippen molar-refractivity contribution >= 4 is 23.6 Å². The number of carbonyl (C=O) groups excluding carboxylic acids is 4. The van der Waals surface area contributed by atoms with Crippen molar-refractivity contribution in [3.05, 3.63) is 12.2 Å². The first-order valence-electron chi connectivity index (χ1n) is 11.2. The number of aliphatic hydroxyl groups excluding tert-OH is 10. The number of hydrogen-bond acceptors (Lipinski definition) is 14. The van der Waals surface area contributed by atoms with Gasteiger partial charge in [-0.2, -0.15) is 0 Å². The van der Waals surface area contributed by atoms with Gasteiger partial charge >= 0.3 is 0 Å². The standard InChI is InChI=1S/C20H36N4O14/c21-11(29)1-2-12(30)24(5-3-22-19(37)17(35)15(33)13(31)9(27)7-25)6-4-23-20(38)18(36)16(34)14(32)10(28)8-26/h1-2,9-10,13-18,25-28,31-36H,3-8H2,(H2,21,29)(H,22,37)(H,23,38)/b2-1-. The smallest absolute Gasteiger partial charge is 0.251 e. The Labute approximate surface area is 216 Å². The highest BCUT2D eigenvalue weighted by molar-refractivity contribution is 5.96. The molecule has 0 aromatic rings. The molecule has 0 aliphatic rings. The molecule has 0 spiro atoms. The summed E-state index contributed by atoms with van der Waals surface area (Å²) in [4.78, 5) is 48.2. The third-order valence-corrected chi connectivity index (χ3v) is 5.11. The van der Waals surface area contributed by atoms with E-state index in [2.05, 4.69) is 10.6 Å². The van der Waals surface area contributed by atoms with Gasteiger partial charge < -0.3 is 72.3 Å². The number of primary amides is 1. The molecule has 0 fully saturated rings. The summed E-state index contributed by atoms with van der Waals surface area (Å²) >= 11 is 0. The highest BCUT2D eigenvalue weighted by Crippen LogP contribution is 2.06. The normalized spacial score (nSPS) is 17.9. The third-order valence-electron chi connectivity index (χ3n) is 5.11. The number of nitrogens with one attached hydrogen (secondary N) is 2. The molecule has 0 heterocycles.